The molecule has 0 aromatic carbocycles. The van der Waals surface area contributed by atoms with E-state index in [1.165, 1.54) is 0 Å². The highest BCUT2D eigenvalue weighted by Gasteiger charge is 2.16. The van der Waals surface area contributed by atoms with Gasteiger partial charge in [0.05, 0.1) is 12.2 Å². The van der Waals surface area contributed by atoms with Crippen molar-refractivity contribution >= 4 is 5.91 Å². The quantitative estimate of drug-likeness (QED) is 0.634. The van der Waals surface area contributed by atoms with Gasteiger partial charge in [0.1, 0.15) is 0 Å². The summed E-state index contributed by atoms with van der Waals surface area (Å²) in [5, 5.41) is 9.19. The Morgan fingerprint density at radius 2 is 2.43 bits per heavy atom. The number of H-pyrrole nitrogens is 1. The number of carbonyl (C=O) groups excluding carboxylic acids is 1. The SMILES string of the molecule is CC(C)C(N)C(=O)NCc1cn[nH]c1. The van der Waals surface area contributed by atoms with Crippen LogP contribution in [0.15, 0.2) is 12.4 Å². The molecule has 1 amide bonds. The van der Waals surface area contributed by atoms with Crippen LogP contribution in [0.5, 0.6) is 0 Å². The molecule has 14 heavy (non-hydrogen) atoms. The maximum atomic E-state index is 11.4. The molecule has 1 aromatic rings. The van der Waals surface area contributed by atoms with Crippen LogP contribution in [0.2, 0.25) is 0 Å². The molecule has 78 valence electrons. The van der Waals surface area contributed by atoms with E-state index in [4.69, 9.17) is 5.73 Å². The molecule has 5 heteroatoms. The molecule has 0 aliphatic carbocycles. The van der Waals surface area contributed by atoms with E-state index in [1.54, 1.807) is 12.4 Å². The van der Waals surface area contributed by atoms with Crippen molar-refractivity contribution in [3.63, 3.8) is 0 Å². The summed E-state index contributed by atoms with van der Waals surface area (Å²) in [7, 11) is 0. The van der Waals surface area contributed by atoms with Crippen LogP contribution in [0, 0.1) is 5.92 Å². The molecule has 0 radical (unpaired) electrons. The van der Waals surface area contributed by atoms with Gasteiger partial charge in [-0.25, -0.2) is 0 Å². The van der Waals surface area contributed by atoms with Crippen molar-refractivity contribution in [2.24, 2.45) is 11.7 Å². The molecule has 1 aromatic heterocycles. The number of rotatable bonds is 4. The lowest BCUT2D eigenvalue weighted by Gasteiger charge is -2.14. The number of nitrogens with zero attached hydrogens (tertiary/aromatic N) is 1. The zero-order chi connectivity index (χ0) is 10.6. The van der Waals surface area contributed by atoms with E-state index in [9.17, 15) is 4.79 Å². The lowest BCUT2D eigenvalue weighted by Crippen LogP contribution is -2.43. The third-order valence-electron chi connectivity index (χ3n) is 2.04. The summed E-state index contributed by atoms with van der Waals surface area (Å²) in [5.41, 5.74) is 6.60. The lowest BCUT2D eigenvalue weighted by atomic mass is 10.1. The van der Waals surface area contributed by atoms with E-state index in [0.717, 1.165) is 5.56 Å². The Morgan fingerprint density at radius 1 is 1.71 bits per heavy atom. The third-order valence-corrected chi connectivity index (χ3v) is 2.04. The summed E-state index contributed by atoms with van der Waals surface area (Å²) in [6.45, 7) is 4.31. The van der Waals surface area contributed by atoms with Crippen molar-refractivity contribution in [3.8, 4) is 0 Å². The minimum absolute atomic E-state index is 0.124. The van der Waals surface area contributed by atoms with E-state index in [2.05, 4.69) is 15.5 Å². The zero-order valence-electron chi connectivity index (χ0n) is 8.45. The number of aromatic nitrogens is 2. The first-order chi connectivity index (χ1) is 6.61. The summed E-state index contributed by atoms with van der Waals surface area (Å²) in [5.74, 6) is 0.0283. The van der Waals surface area contributed by atoms with Crippen LogP contribution in [-0.4, -0.2) is 22.1 Å². The molecule has 5 nitrogen and oxygen atoms in total. The Bertz CT molecular complexity index is 281. The van der Waals surface area contributed by atoms with Crippen LogP contribution < -0.4 is 11.1 Å². The normalized spacial score (nSPS) is 12.9. The average Bonchev–Trinajstić information content (AvgIpc) is 2.65. The number of carbonyl (C=O) groups is 1. The van der Waals surface area contributed by atoms with Crippen molar-refractivity contribution < 1.29 is 4.79 Å². The van der Waals surface area contributed by atoms with Crippen molar-refractivity contribution in [2.45, 2.75) is 26.4 Å². The van der Waals surface area contributed by atoms with Gasteiger partial charge < -0.3 is 11.1 Å². The molecule has 1 unspecified atom stereocenters. The van der Waals surface area contributed by atoms with E-state index < -0.39 is 6.04 Å². The van der Waals surface area contributed by atoms with Gasteiger partial charge in [0.25, 0.3) is 0 Å². The van der Waals surface area contributed by atoms with Gasteiger partial charge >= 0.3 is 0 Å². The van der Waals surface area contributed by atoms with Crippen LogP contribution in [-0.2, 0) is 11.3 Å². The fourth-order valence-corrected chi connectivity index (χ4v) is 0.984. The molecule has 0 spiro atoms. The Balaban J connectivity index is 2.35. The van der Waals surface area contributed by atoms with Gasteiger partial charge in [0.15, 0.2) is 0 Å². The van der Waals surface area contributed by atoms with E-state index in [1.807, 2.05) is 13.8 Å². The maximum Gasteiger partial charge on any atom is 0.237 e. The van der Waals surface area contributed by atoms with Crippen LogP contribution in [0.4, 0.5) is 0 Å². The van der Waals surface area contributed by atoms with Crippen LogP contribution in [0.25, 0.3) is 0 Å². The van der Waals surface area contributed by atoms with Gasteiger partial charge in [-0.1, -0.05) is 13.8 Å². The van der Waals surface area contributed by atoms with E-state index in [-0.39, 0.29) is 11.8 Å². The molecule has 1 rings (SSSR count). The van der Waals surface area contributed by atoms with Gasteiger partial charge in [-0.05, 0) is 5.92 Å². The second-order valence-electron chi connectivity index (χ2n) is 3.59. The molecule has 1 heterocycles. The molecule has 0 fully saturated rings. The van der Waals surface area contributed by atoms with Crippen molar-refractivity contribution in [1.82, 2.24) is 15.5 Å². The highest BCUT2D eigenvalue weighted by atomic mass is 16.2. The highest BCUT2D eigenvalue weighted by molar-refractivity contribution is 5.81. The van der Waals surface area contributed by atoms with Gasteiger partial charge in [0.2, 0.25) is 5.91 Å². The molecular formula is C9H16N4O. The number of amides is 1. The highest BCUT2D eigenvalue weighted by Crippen LogP contribution is 1.99. The van der Waals surface area contributed by atoms with Crippen LogP contribution in [0.3, 0.4) is 0 Å². The minimum atomic E-state index is -0.443. The first-order valence-electron chi connectivity index (χ1n) is 4.62. The molecule has 0 bridgehead atoms. The van der Waals surface area contributed by atoms with Crippen molar-refractivity contribution in [2.75, 3.05) is 0 Å². The number of nitrogens with two attached hydrogens (primary N) is 1. The Kier molecular flexibility index (Phi) is 3.64. The first kappa shape index (κ1) is 10.7. The lowest BCUT2D eigenvalue weighted by molar-refractivity contribution is -0.123. The summed E-state index contributed by atoms with van der Waals surface area (Å²) in [6, 6.07) is -0.443. The zero-order valence-corrected chi connectivity index (χ0v) is 8.45. The molecule has 0 saturated heterocycles. The summed E-state index contributed by atoms with van der Waals surface area (Å²) < 4.78 is 0. The van der Waals surface area contributed by atoms with Crippen LogP contribution >= 0.6 is 0 Å². The van der Waals surface area contributed by atoms with Gasteiger partial charge in [0, 0.05) is 18.3 Å². The number of hydrogen-bond acceptors (Lipinski definition) is 3. The second-order valence-corrected chi connectivity index (χ2v) is 3.59. The molecule has 0 saturated carbocycles. The fraction of sp³-hybridized carbons (Fsp3) is 0.556. The fourth-order valence-electron chi connectivity index (χ4n) is 0.984. The Hall–Kier alpha value is -1.36. The topological polar surface area (TPSA) is 83.8 Å². The van der Waals surface area contributed by atoms with Gasteiger partial charge in [-0.15, -0.1) is 0 Å². The maximum absolute atomic E-state index is 11.4. The Morgan fingerprint density at radius 3 is 2.93 bits per heavy atom. The summed E-state index contributed by atoms with van der Waals surface area (Å²) >= 11 is 0. The van der Waals surface area contributed by atoms with Crippen molar-refractivity contribution in [1.29, 1.82) is 0 Å². The predicted molar refractivity (Wildman–Crippen MR) is 53.2 cm³/mol. The largest absolute Gasteiger partial charge is 0.351 e. The predicted octanol–water partition coefficient (Wildman–Crippen LogP) is 0.00920. The monoisotopic (exact) mass is 196 g/mol. The molecule has 0 aliphatic heterocycles. The van der Waals surface area contributed by atoms with Gasteiger partial charge in [-0.3, -0.25) is 9.89 Å². The van der Waals surface area contributed by atoms with Crippen molar-refractivity contribution in [3.05, 3.63) is 18.0 Å². The van der Waals surface area contributed by atoms with Gasteiger partial charge in [-0.2, -0.15) is 5.10 Å². The second kappa shape index (κ2) is 4.76. The van der Waals surface area contributed by atoms with E-state index in [0.29, 0.717) is 6.54 Å². The Labute approximate surface area is 83.1 Å². The third kappa shape index (κ3) is 2.85. The number of nitrogens with one attached hydrogen (secondary N) is 2. The molecule has 1 atom stereocenters. The minimum Gasteiger partial charge on any atom is -0.351 e. The number of aromatic amines is 1. The number of hydrogen-bond donors (Lipinski definition) is 3. The average molecular weight is 196 g/mol. The van der Waals surface area contributed by atoms with E-state index >= 15 is 0 Å². The first-order valence-corrected chi connectivity index (χ1v) is 4.62. The summed E-state index contributed by atoms with van der Waals surface area (Å²) in [4.78, 5) is 11.4. The summed E-state index contributed by atoms with van der Waals surface area (Å²) in [6.07, 6.45) is 3.41. The molecule has 0 aliphatic rings. The van der Waals surface area contributed by atoms with Crippen LogP contribution in [0.1, 0.15) is 19.4 Å². The molecular weight excluding hydrogens is 180 g/mol. The molecule has 4 N–H and O–H groups in total. The smallest absolute Gasteiger partial charge is 0.237 e. The standard InChI is InChI=1S/C9H16N4O/c1-6(2)8(10)9(14)11-3-7-4-12-13-5-7/h4-6,8H,3,10H2,1-2H3,(H,11,14)(H,12,13).